The van der Waals surface area contributed by atoms with Gasteiger partial charge in [-0.15, -0.1) is 0 Å². The molecule has 0 aliphatic carbocycles. The van der Waals surface area contributed by atoms with E-state index < -0.39 is 6.17 Å². The van der Waals surface area contributed by atoms with Crippen LogP contribution in [0, 0.1) is 0 Å². The molecule has 2 aromatic carbocycles. The molecule has 1 atom stereocenters. The van der Waals surface area contributed by atoms with E-state index in [1.165, 1.54) is 19.3 Å². The summed E-state index contributed by atoms with van der Waals surface area (Å²) >= 11 is 5.07. The van der Waals surface area contributed by atoms with Crippen LogP contribution in [0.1, 0.15) is 44.3 Å². The van der Waals surface area contributed by atoms with Gasteiger partial charge in [0.2, 0.25) is 5.16 Å². The molecule has 0 saturated carbocycles. The van der Waals surface area contributed by atoms with Crippen molar-refractivity contribution in [1.29, 1.82) is 0 Å². The summed E-state index contributed by atoms with van der Waals surface area (Å²) in [5.41, 5.74) is 2.78. The highest BCUT2D eigenvalue weighted by molar-refractivity contribution is 9.10. The lowest BCUT2D eigenvalue weighted by Crippen LogP contribution is -2.55. The number of thioether (sulfide) groups is 1. The number of phenols is 1. The second kappa shape index (κ2) is 9.22. The molecule has 1 aliphatic heterocycles. The molecule has 156 valence electrons. The van der Waals surface area contributed by atoms with Gasteiger partial charge in [-0.05, 0) is 47.5 Å². The van der Waals surface area contributed by atoms with Crippen molar-refractivity contribution in [3.05, 3.63) is 62.9 Å². The van der Waals surface area contributed by atoms with E-state index in [0.717, 1.165) is 33.5 Å². The van der Waals surface area contributed by atoms with Gasteiger partial charge in [0.1, 0.15) is 5.75 Å². The first-order chi connectivity index (χ1) is 14.6. The van der Waals surface area contributed by atoms with Gasteiger partial charge in [0.25, 0.3) is 6.17 Å². The molecule has 0 radical (unpaired) electrons. The van der Waals surface area contributed by atoms with E-state index in [0.29, 0.717) is 10.9 Å². The summed E-state index contributed by atoms with van der Waals surface area (Å²) in [6, 6.07) is 12.8. The molecule has 3 N–H and O–H groups in total. The van der Waals surface area contributed by atoms with E-state index in [9.17, 15) is 9.90 Å². The molecular weight excluding hydrogens is 464 g/mol. The molecule has 0 spiro atoms. The highest BCUT2D eigenvalue weighted by Gasteiger charge is 2.38. The number of hydrogen-bond acceptors (Lipinski definition) is 5. The molecule has 0 fully saturated rings. The first-order valence-electron chi connectivity index (χ1n) is 10.1. The predicted molar refractivity (Wildman–Crippen MR) is 123 cm³/mol. The molecular formula is C22H24BrN4O2S+. The normalized spacial score (nSPS) is 14.7. The fourth-order valence-electron chi connectivity index (χ4n) is 3.59. The third-order valence-corrected chi connectivity index (χ3v) is 6.50. The van der Waals surface area contributed by atoms with Crippen LogP contribution in [0.5, 0.6) is 5.75 Å². The van der Waals surface area contributed by atoms with E-state index in [4.69, 9.17) is 5.10 Å². The number of aromatic amines is 1. The number of phenolic OH excluding ortho intramolecular Hbond substituents is 1. The number of aromatic hydroxyl groups is 1. The SMILES string of the molecule is CCCCCCSc1n[n+]2c(c(=O)[nH]1)-c1cc(Br)ccc1N[C@H]2c1cccc(O)c1. The van der Waals surface area contributed by atoms with E-state index in [-0.39, 0.29) is 11.3 Å². The second-order valence-corrected chi connectivity index (χ2v) is 9.29. The Morgan fingerprint density at radius 3 is 2.87 bits per heavy atom. The average molecular weight is 488 g/mol. The predicted octanol–water partition coefficient (Wildman–Crippen LogP) is 4.84. The van der Waals surface area contributed by atoms with Crippen LogP contribution in [0.25, 0.3) is 11.3 Å². The van der Waals surface area contributed by atoms with Crippen LogP contribution in [-0.4, -0.2) is 20.9 Å². The Balaban J connectivity index is 1.76. The summed E-state index contributed by atoms with van der Waals surface area (Å²) in [6.45, 7) is 2.19. The zero-order valence-corrected chi connectivity index (χ0v) is 19.1. The lowest BCUT2D eigenvalue weighted by Gasteiger charge is -2.22. The van der Waals surface area contributed by atoms with Crippen LogP contribution in [0.4, 0.5) is 5.69 Å². The molecule has 0 amide bonds. The zero-order valence-electron chi connectivity index (χ0n) is 16.7. The molecule has 0 saturated heterocycles. The number of fused-ring (bicyclic) bond motifs is 3. The van der Waals surface area contributed by atoms with Crippen molar-refractivity contribution >= 4 is 33.4 Å². The van der Waals surface area contributed by atoms with E-state index in [1.807, 2.05) is 24.3 Å². The first-order valence-corrected chi connectivity index (χ1v) is 11.9. The summed E-state index contributed by atoms with van der Waals surface area (Å²) in [5, 5.41) is 18.8. The van der Waals surface area contributed by atoms with Gasteiger partial charge in [-0.2, -0.15) is 0 Å². The average Bonchev–Trinajstić information content (AvgIpc) is 2.73. The number of aromatic nitrogens is 3. The smallest absolute Gasteiger partial charge is 0.325 e. The fourth-order valence-corrected chi connectivity index (χ4v) is 4.81. The number of halogens is 1. The van der Waals surface area contributed by atoms with Gasteiger partial charge in [-0.1, -0.05) is 59.9 Å². The van der Waals surface area contributed by atoms with E-state index in [2.05, 4.69) is 33.2 Å². The standard InChI is InChI=1S/C22H23BrN4O2S/c1-2-3-4-5-11-30-22-25-21(29)19-17-13-15(23)9-10-18(17)24-20(27(19)26-22)14-7-6-8-16(28)12-14/h6-10,12-13,20H,2-5,11H2,1H3,(H2,25,26,28,29)/p+1/t20-/m1/s1. The Bertz CT molecular complexity index is 1120. The molecule has 6 nitrogen and oxygen atoms in total. The lowest BCUT2D eigenvalue weighted by molar-refractivity contribution is -0.759. The van der Waals surface area contributed by atoms with Gasteiger partial charge >= 0.3 is 11.3 Å². The molecule has 1 aromatic heterocycles. The van der Waals surface area contributed by atoms with Gasteiger partial charge in [0.05, 0.1) is 11.3 Å². The number of benzene rings is 2. The van der Waals surface area contributed by atoms with Gasteiger partial charge in [0.15, 0.2) is 0 Å². The highest BCUT2D eigenvalue weighted by atomic mass is 79.9. The Morgan fingerprint density at radius 2 is 2.07 bits per heavy atom. The van der Waals surface area contributed by atoms with Gasteiger partial charge < -0.3 is 10.4 Å². The maximum atomic E-state index is 13.1. The van der Waals surface area contributed by atoms with Crippen molar-refractivity contribution in [2.24, 2.45) is 0 Å². The maximum absolute atomic E-state index is 13.1. The van der Waals surface area contributed by atoms with Crippen LogP contribution in [-0.2, 0) is 0 Å². The summed E-state index contributed by atoms with van der Waals surface area (Å²) in [7, 11) is 0. The van der Waals surface area contributed by atoms with E-state index in [1.54, 1.807) is 34.6 Å². The third kappa shape index (κ3) is 4.39. The summed E-state index contributed by atoms with van der Waals surface area (Å²) in [6.07, 6.45) is 4.29. The van der Waals surface area contributed by atoms with Crippen LogP contribution in [0.15, 0.2) is 56.9 Å². The molecule has 1 aliphatic rings. The minimum Gasteiger partial charge on any atom is -0.508 e. The summed E-state index contributed by atoms with van der Waals surface area (Å²) in [5.74, 6) is 1.09. The molecule has 3 aromatic rings. The molecule has 8 heteroatoms. The zero-order chi connectivity index (χ0) is 21.1. The number of unbranched alkanes of at least 4 members (excludes halogenated alkanes) is 3. The summed E-state index contributed by atoms with van der Waals surface area (Å²) < 4.78 is 2.62. The first kappa shape index (κ1) is 20.9. The topological polar surface area (TPSA) is 81.9 Å². The van der Waals surface area contributed by atoms with Gasteiger partial charge in [0, 0.05) is 20.9 Å². The monoisotopic (exact) mass is 487 g/mol. The molecule has 4 rings (SSSR count). The number of H-pyrrole nitrogens is 1. The summed E-state index contributed by atoms with van der Waals surface area (Å²) in [4.78, 5) is 16.1. The number of nitrogens with one attached hydrogen (secondary N) is 2. The number of rotatable bonds is 7. The minimum atomic E-state index is -0.400. The van der Waals surface area contributed by atoms with Crippen LogP contribution < -0.4 is 15.6 Å². The van der Waals surface area contributed by atoms with Crippen LogP contribution in [0.3, 0.4) is 0 Å². The Hall–Kier alpha value is -2.32. The van der Waals surface area contributed by atoms with Crippen molar-refractivity contribution in [1.82, 2.24) is 10.1 Å². The molecule has 0 unspecified atom stereocenters. The minimum absolute atomic E-state index is 0.174. The molecule has 0 bridgehead atoms. The lowest BCUT2D eigenvalue weighted by atomic mass is 10.0. The fraction of sp³-hybridized carbons (Fsp3) is 0.318. The highest BCUT2D eigenvalue weighted by Crippen LogP contribution is 2.34. The van der Waals surface area contributed by atoms with E-state index >= 15 is 0 Å². The van der Waals surface area contributed by atoms with Crippen LogP contribution in [0.2, 0.25) is 0 Å². The maximum Gasteiger partial charge on any atom is 0.325 e. The van der Waals surface area contributed by atoms with Crippen molar-refractivity contribution in [3.63, 3.8) is 0 Å². The molecule has 2 heterocycles. The van der Waals surface area contributed by atoms with Gasteiger partial charge in [-0.25, -0.2) is 0 Å². The van der Waals surface area contributed by atoms with Crippen molar-refractivity contribution in [2.75, 3.05) is 11.1 Å². The number of anilines is 1. The Labute approximate surface area is 187 Å². The van der Waals surface area contributed by atoms with Gasteiger partial charge in [-0.3, -0.25) is 9.78 Å². The Kier molecular flexibility index (Phi) is 6.43. The quantitative estimate of drug-likeness (QED) is 0.252. The molecule has 30 heavy (non-hydrogen) atoms. The van der Waals surface area contributed by atoms with Crippen molar-refractivity contribution in [2.45, 2.75) is 43.9 Å². The number of nitrogens with zero attached hydrogens (tertiary/aromatic N) is 2. The Morgan fingerprint density at radius 1 is 1.20 bits per heavy atom. The third-order valence-electron chi connectivity index (χ3n) is 5.06. The van der Waals surface area contributed by atoms with Crippen molar-refractivity contribution in [3.8, 4) is 17.0 Å². The number of hydrogen-bond donors (Lipinski definition) is 3. The second-order valence-electron chi connectivity index (χ2n) is 7.29. The largest absolute Gasteiger partial charge is 0.508 e. The van der Waals surface area contributed by atoms with Crippen molar-refractivity contribution < 1.29 is 9.79 Å². The van der Waals surface area contributed by atoms with Crippen LogP contribution >= 0.6 is 27.7 Å².